The van der Waals surface area contributed by atoms with Crippen molar-refractivity contribution in [2.75, 3.05) is 25.0 Å². The average molecular weight is 310 g/mol. The Morgan fingerprint density at radius 2 is 1.91 bits per heavy atom. The first-order chi connectivity index (χ1) is 11.1. The van der Waals surface area contributed by atoms with E-state index in [1.54, 1.807) is 0 Å². The second kappa shape index (κ2) is 6.84. The van der Waals surface area contributed by atoms with Crippen molar-refractivity contribution in [2.24, 2.45) is 0 Å². The molecular weight excluding hydrogens is 288 g/mol. The Bertz CT molecular complexity index is 685. The van der Waals surface area contributed by atoms with Gasteiger partial charge in [-0.2, -0.15) is 0 Å². The van der Waals surface area contributed by atoms with Gasteiger partial charge in [0.1, 0.15) is 6.10 Å². The molecule has 2 aromatic carbocycles. The van der Waals surface area contributed by atoms with E-state index in [9.17, 15) is 4.79 Å². The molecule has 1 heterocycles. The number of ether oxygens (including phenoxy) is 1. The number of benzene rings is 2. The second-order valence-corrected chi connectivity index (χ2v) is 5.95. The van der Waals surface area contributed by atoms with Crippen molar-refractivity contribution in [3.8, 4) is 0 Å². The number of hydrogen-bond donors (Lipinski definition) is 1. The van der Waals surface area contributed by atoms with E-state index in [4.69, 9.17) is 4.74 Å². The standard InChI is InChI=1S/C19H22N2O2/c1-14-8-9-17(12-15(14)2)20-19(22)21-10-11-23-18(13-21)16-6-4-3-5-7-16/h3-9,12,18H,10-11,13H2,1-2H3,(H,20,22). The maximum Gasteiger partial charge on any atom is 0.322 e. The molecule has 2 aromatic rings. The van der Waals surface area contributed by atoms with Gasteiger partial charge in [-0.05, 0) is 42.7 Å². The van der Waals surface area contributed by atoms with Crippen LogP contribution < -0.4 is 5.32 Å². The maximum absolute atomic E-state index is 12.5. The van der Waals surface area contributed by atoms with Crippen molar-refractivity contribution in [1.29, 1.82) is 0 Å². The highest BCUT2D eigenvalue weighted by Crippen LogP contribution is 2.22. The van der Waals surface area contributed by atoms with E-state index in [1.807, 2.05) is 60.4 Å². The predicted octanol–water partition coefficient (Wildman–Crippen LogP) is 3.91. The smallest absolute Gasteiger partial charge is 0.322 e. The van der Waals surface area contributed by atoms with Gasteiger partial charge >= 0.3 is 6.03 Å². The molecule has 1 unspecified atom stereocenters. The first-order valence-electron chi connectivity index (χ1n) is 7.93. The quantitative estimate of drug-likeness (QED) is 0.914. The third kappa shape index (κ3) is 3.71. The molecule has 0 aliphatic carbocycles. The number of carbonyl (C=O) groups is 1. The van der Waals surface area contributed by atoms with Gasteiger partial charge in [-0.1, -0.05) is 36.4 Å². The van der Waals surface area contributed by atoms with E-state index in [1.165, 1.54) is 11.1 Å². The number of urea groups is 1. The molecule has 4 nitrogen and oxygen atoms in total. The summed E-state index contributed by atoms with van der Waals surface area (Å²) in [5.74, 6) is 0. The number of nitrogens with one attached hydrogen (secondary N) is 1. The fourth-order valence-electron chi connectivity index (χ4n) is 2.72. The third-order valence-electron chi connectivity index (χ3n) is 4.28. The van der Waals surface area contributed by atoms with E-state index >= 15 is 0 Å². The normalized spacial score (nSPS) is 17.8. The van der Waals surface area contributed by atoms with E-state index in [2.05, 4.69) is 12.2 Å². The lowest BCUT2D eigenvalue weighted by atomic mass is 10.1. The number of aryl methyl sites for hydroxylation is 2. The van der Waals surface area contributed by atoms with Crippen molar-refractivity contribution in [1.82, 2.24) is 4.90 Å². The molecule has 3 rings (SSSR count). The average Bonchev–Trinajstić information content (AvgIpc) is 2.59. The van der Waals surface area contributed by atoms with Crippen LogP contribution >= 0.6 is 0 Å². The molecule has 2 amide bonds. The molecule has 4 heteroatoms. The molecule has 0 spiro atoms. The van der Waals surface area contributed by atoms with Crippen LogP contribution in [0, 0.1) is 13.8 Å². The number of amides is 2. The van der Waals surface area contributed by atoms with E-state index in [0.717, 1.165) is 11.3 Å². The van der Waals surface area contributed by atoms with E-state index in [-0.39, 0.29) is 12.1 Å². The molecule has 1 aliphatic heterocycles. The number of rotatable bonds is 2. The Morgan fingerprint density at radius 3 is 2.65 bits per heavy atom. The Labute approximate surface area is 137 Å². The summed E-state index contributed by atoms with van der Waals surface area (Å²) in [4.78, 5) is 14.3. The van der Waals surface area contributed by atoms with Crippen molar-refractivity contribution >= 4 is 11.7 Å². The van der Waals surface area contributed by atoms with Gasteiger partial charge in [-0.15, -0.1) is 0 Å². The van der Waals surface area contributed by atoms with Gasteiger partial charge in [0.25, 0.3) is 0 Å². The predicted molar refractivity (Wildman–Crippen MR) is 91.6 cm³/mol. The minimum Gasteiger partial charge on any atom is -0.370 e. The zero-order chi connectivity index (χ0) is 16.2. The van der Waals surface area contributed by atoms with Gasteiger partial charge in [0, 0.05) is 12.2 Å². The molecular formula is C19H22N2O2. The van der Waals surface area contributed by atoms with Crippen LogP contribution in [0.4, 0.5) is 10.5 Å². The molecule has 0 radical (unpaired) electrons. The molecule has 23 heavy (non-hydrogen) atoms. The molecule has 120 valence electrons. The highest BCUT2D eigenvalue weighted by molar-refractivity contribution is 5.89. The van der Waals surface area contributed by atoms with Crippen LogP contribution in [0.15, 0.2) is 48.5 Å². The van der Waals surface area contributed by atoms with Gasteiger partial charge in [0.05, 0.1) is 13.2 Å². The lowest BCUT2D eigenvalue weighted by Gasteiger charge is -2.33. The highest BCUT2D eigenvalue weighted by Gasteiger charge is 2.25. The van der Waals surface area contributed by atoms with Crippen LogP contribution in [-0.2, 0) is 4.74 Å². The second-order valence-electron chi connectivity index (χ2n) is 5.95. The summed E-state index contributed by atoms with van der Waals surface area (Å²) in [6, 6.07) is 15.9. The summed E-state index contributed by atoms with van der Waals surface area (Å²) in [5.41, 5.74) is 4.34. The molecule has 0 saturated carbocycles. The van der Waals surface area contributed by atoms with Crippen molar-refractivity contribution in [2.45, 2.75) is 20.0 Å². The molecule has 1 saturated heterocycles. The number of hydrogen-bond acceptors (Lipinski definition) is 2. The van der Waals surface area contributed by atoms with Crippen LogP contribution in [0.2, 0.25) is 0 Å². The fourth-order valence-corrected chi connectivity index (χ4v) is 2.72. The summed E-state index contributed by atoms with van der Waals surface area (Å²) in [5, 5.41) is 2.98. The van der Waals surface area contributed by atoms with Crippen LogP contribution in [0.5, 0.6) is 0 Å². The Hall–Kier alpha value is -2.33. The first kappa shape index (κ1) is 15.6. The largest absolute Gasteiger partial charge is 0.370 e. The summed E-state index contributed by atoms with van der Waals surface area (Å²) in [6.07, 6.45) is -0.0598. The SMILES string of the molecule is Cc1ccc(NC(=O)N2CCOC(c3ccccc3)C2)cc1C. The molecule has 1 fully saturated rings. The zero-order valence-corrected chi connectivity index (χ0v) is 13.6. The number of carbonyl (C=O) groups excluding carboxylic acids is 1. The minimum absolute atomic E-state index is 0.0598. The Morgan fingerprint density at radius 1 is 1.13 bits per heavy atom. The molecule has 0 bridgehead atoms. The molecule has 1 atom stereocenters. The zero-order valence-electron chi connectivity index (χ0n) is 13.6. The number of anilines is 1. The summed E-state index contributed by atoms with van der Waals surface area (Å²) >= 11 is 0. The van der Waals surface area contributed by atoms with Crippen molar-refractivity contribution < 1.29 is 9.53 Å². The lowest BCUT2D eigenvalue weighted by Crippen LogP contribution is -2.44. The Balaban J connectivity index is 1.66. The number of morpholine rings is 1. The monoisotopic (exact) mass is 310 g/mol. The maximum atomic E-state index is 12.5. The van der Waals surface area contributed by atoms with Gasteiger partial charge in [-0.3, -0.25) is 0 Å². The van der Waals surface area contributed by atoms with Gasteiger partial charge < -0.3 is 15.0 Å². The lowest BCUT2D eigenvalue weighted by molar-refractivity contribution is -0.0135. The van der Waals surface area contributed by atoms with Crippen LogP contribution in [0.25, 0.3) is 0 Å². The molecule has 0 aromatic heterocycles. The highest BCUT2D eigenvalue weighted by atomic mass is 16.5. The third-order valence-corrected chi connectivity index (χ3v) is 4.28. The van der Waals surface area contributed by atoms with E-state index < -0.39 is 0 Å². The van der Waals surface area contributed by atoms with Gasteiger partial charge in [-0.25, -0.2) is 4.79 Å². The van der Waals surface area contributed by atoms with E-state index in [0.29, 0.717) is 19.7 Å². The van der Waals surface area contributed by atoms with Crippen molar-refractivity contribution in [3.63, 3.8) is 0 Å². The van der Waals surface area contributed by atoms with Crippen LogP contribution in [0.3, 0.4) is 0 Å². The topological polar surface area (TPSA) is 41.6 Å². The van der Waals surface area contributed by atoms with Gasteiger partial charge in [0.15, 0.2) is 0 Å². The van der Waals surface area contributed by atoms with Gasteiger partial charge in [0.2, 0.25) is 0 Å². The first-order valence-corrected chi connectivity index (χ1v) is 7.93. The number of nitrogens with zero attached hydrogens (tertiary/aromatic N) is 1. The summed E-state index contributed by atoms with van der Waals surface area (Å²) in [6.45, 7) is 5.85. The fraction of sp³-hybridized carbons (Fsp3) is 0.316. The molecule has 1 aliphatic rings. The summed E-state index contributed by atoms with van der Waals surface area (Å²) < 4.78 is 5.81. The van der Waals surface area contributed by atoms with Crippen LogP contribution in [0.1, 0.15) is 22.8 Å². The molecule has 1 N–H and O–H groups in total. The summed E-state index contributed by atoms with van der Waals surface area (Å²) in [7, 11) is 0. The van der Waals surface area contributed by atoms with Crippen LogP contribution in [-0.4, -0.2) is 30.6 Å². The minimum atomic E-state index is -0.0718. The Kier molecular flexibility index (Phi) is 4.63. The van der Waals surface area contributed by atoms with Crippen molar-refractivity contribution in [3.05, 3.63) is 65.2 Å².